The number of hydrogen-bond donors (Lipinski definition) is 1. The molecule has 0 amide bonds. The summed E-state index contributed by atoms with van der Waals surface area (Å²) in [5.41, 5.74) is 1.95. The molecular formula is C17H15ClN2O3. The molecular weight excluding hydrogens is 316 g/mol. The lowest BCUT2D eigenvalue weighted by Crippen LogP contribution is -2.18. The Kier molecular flexibility index (Phi) is 4.48. The second-order valence-electron chi connectivity index (χ2n) is 5.10. The molecule has 118 valence electrons. The molecule has 1 aromatic heterocycles. The molecule has 2 aromatic carbocycles. The smallest absolute Gasteiger partial charge is 0.338 e. The van der Waals surface area contributed by atoms with E-state index in [-0.39, 0.29) is 12.3 Å². The van der Waals surface area contributed by atoms with Gasteiger partial charge in [-0.05, 0) is 42.8 Å². The number of carbonyl (C=O) groups is 1. The Bertz CT molecular complexity index is 881. The van der Waals surface area contributed by atoms with Gasteiger partial charge in [0, 0.05) is 11.6 Å². The number of aromatic nitrogens is 2. The number of fused-ring (bicyclic) bond motifs is 1. The molecule has 0 saturated heterocycles. The number of imidazole rings is 1. The standard InChI is InChI=1S/C17H15ClN2O3/c18-13-8-6-12(7-9-13)16(21)23-11-3-10-20-15-5-2-1-4-14(15)19-17(20)22/h1-2,4-9H,3,10-11H2,(H,19,22). The first-order valence-electron chi connectivity index (χ1n) is 7.25. The van der Waals surface area contributed by atoms with E-state index in [0.29, 0.717) is 23.6 Å². The van der Waals surface area contributed by atoms with Crippen LogP contribution in [0.2, 0.25) is 5.02 Å². The molecule has 0 aliphatic rings. The van der Waals surface area contributed by atoms with E-state index in [1.807, 2.05) is 24.3 Å². The van der Waals surface area contributed by atoms with Crippen LogP contribution in [0.5, 0.6) is 0 Å². The zero-order chi connectivity index (χ0) is 16.2. The number of aryl methyl sites for hydroxylation is 1. The predicted molar refractivity (Wildman–Crippen MR) is 88.9 cm³/mol. The molecule has 1 heterocycles. The van der Waals surface area contributed by atoms with Crippen molar-refractivity contribution in [3.05, 3.63) is 69.6 Å². The Morgan fingerprint density at radius 2 is 1.87 bits per heavy atom. The highest BCUT2D eigenvalue weighted by molar-refractivity contribution is 6.30. The first-order chi connectivity index (χ1) is 11.1. The Morgan fingerprint density at radius 3 is 2.65 bits per heavy atom. The summed E-state index contributed by atoms with van der Waals surface area (Å²) < 4.78 is 6.85. The number of hydrogen-bond acceptors (Lipinski definition) is 3. The number of aromatic amines is 1. The largest absolute Gasteiger partial charge is 0.462 e. The number of nitrogens with zero attached hydrogens (tertiary/aromatic N) is 1. The van der Waals surface area contributed by atoms with Crippen molar-refractivity contribution in [3.63, 3.8) is 0 Å². The van der Waals surface area contributed by atoms with Gasteiger partial charge in [-0.3, -0.25) is 4.57 Å². The lowest BCUT2D eigenvalue weighted by molar-refractivity contribution is 0.0496. The van der Waals surface area contributed by atoms with Crippen molar-refractivity contribution in [1.29, 1.82) is 0 Å². The average molecular weight is 331 g/mol. The minimum absolute atomic E-state index is 0.157. The molecule has 0 spiro atoms. The summed E-state index contributed by atoms with van der Waals surface area (Å²) in [5, 5.41) is 0.570. The molecule has 0 saturated carbocycles. The van der Waals surface area contributed by atoms with Crippen LogP contribution < -0.4 is 5.69 Å². The van der Waals surface area contributed by atoms with Gasteiger partial charge in [-0.2, -0.15) is 0 Å². The van der Waals surface area contributed by atoms with Crippen LogP contribution in [-0.2, 0) is 11.3 Å². The van der Waals surface area contributed by atoms with Crippen molar-refractivity contribution in [3.8, 4) is 0 Å². The minimum Gasteiger partial charge on any atom is -0.462 e. The van der Waals surface area contributed by atoms with Crippen molar-refractivity contribution in [1.82, 2.24) is 9.55 Å². The molecule has 0 fully saturated rings. The van der Waals surface area contributed by atoms with E-state index in [1.54, 1.807) is 28.8 Å². The third kappa shape index (κ3) is 3.46. The fourth-order valence-electron chi connectivity index (χ4n) is 2.39. The van der Waals surface area contributed by atoms with Gasteiger partial charge in [0.25, 0.3) is 0 Å². The Morgan fingerprint density at radius 1 is 1.13 bits per heavy atom. The van der Waals surface area contributed by atoms with Gasteiger partial charge in [0.15, 0.2) is 0 Å². The average Bonchev–Trinajstić information content (AvgIpc) is 2.87. The minimum atomic E-state index is -0.395. The lowest BCUT2D eigenvalue weighted by Gasteiger charge is -2.06. The van der Waals surface area contributed by atoms with Crippen LogP contribution in [0.3, 0.4) is 0 Å². The summed E-state index contributed by atoms with van der Waals surface area (Å²) in [7, 11) is 0. The summed E-state index contributed by atoms with van der Waals surface area (Å²) in [6, 6.07) is 14.0. The fourth-order valence-corrected chi connectivity index (χ4v) is 2.51. The number of rotatable bonds is 5. The fraction of sp³-hybridized carbons (Fsp3) is 0.176. The van der Waals surface area contributed by atoms with Gasteiger partial charge < -0.3 is 9.72 Å². The number of carbonyl (C=O) groups excluding carboxylic acids is 1. The van der Waals surface area contributed by atoms with E-state index in [9.17, 15) is 9.59 Å². The number of esters is 1. The molecule has 6 heteroatoms. The number of para-hydroxylation sites is 2. The topological polar surface area (TPSA) is 64.1 Å². The maximum Gasteiger partial charge on any atom is 0.338 e. The zero-order valence-corrected chi connectivity index (χ0v) is 13.0. The van der Waals surface area contributed by atoms with E-state index < -0.39 is 5.97 Å². The number of ether oxygens (including phenoxy) is 1. The maximum absolute atomic E-state index is 11.9. The van der Waals surface area contributed by atoms with Gasteiger partial charge >= 0.3 is 11.7 Å². The SMILES string of the molecule is O=C(OCCCn1c(=O)[nH]c2ccccc21)c1ccc(Cl)cc1. The van der Waals surface area contributed by atoms with E-state index in [2.05, 4.69) is 4.98 Å². The van der Waals surface area contributed by atoms with Gasteiger partial charge in [0.05, 0.1) is 23.2 Å². The van der Waals surface area contributed by atoms with Crippen LogP contribution in [0.15, 0.2) is 53.3 Å². The molecule has 0 bridgehead atoms. The monoisotopic (exact) mass is 330 g/mol. The lowest BCUT2D eigenvalue weighted by atomic mass is 10.2. The number of benzene rings is 2. The third-order valence-corrected chi connectivity index (χ3v) is 3.77. The van der Waals surface area contributed by atoms with Gasteiger partial charge in [-0.1, -0.05) is 23.7 Å². The normalized spacial score (nSPS) is 10.8. The van der Waals surface area contributed by atoms with E-state index in [4.69, 9.17) is 16.3 Å². The van der Waals surface area contributed by atoms with Crippen LogP contribution in [0, 0.1) is 0 Å². The van der Waals surface area contributed by atoms with Crippen LogP contribution in [-0.4, -0.2) is 22.1 Å². The molecule has 5 nitrogen and oxygen atoms in total. The molecule has 0 atom stereocenters. The van der Waals surface area contributed by atoms with E-state index in [0.717, 1.165) is 11.0 Å². The maximum atomic E-state index is 11.9. The van der Waals surface area contributed by atoms with Crippen molar-refractivity contribution < 1.29 is 9.53 Å². The van der Waals surface area contributed by atoms with Crippen molar-refractivity contribution in [2.24, 2.45) is 0 Å². The van der Waals surface area contributed by atoms with Crippen LogP contribution in [0.1, 0.15) is 16.8 Å². The Balaban J connectivity index is 1.57. The Hall–Kier alpha value is -2.53. The predicted octanol–water partition coefficient (Wildman–Crippen LogP) is 3.23. The van der Waals surface area contributed by atoms with Crippen LogP contribution in [0.25, 0.3) is 11.0 Å². The molecule has 0 unspecified atom stereocenters. The van der Waals surface area contributed by atoms with Crippen LogP contribution in [0.4, 0.5) is 0 Å². The van der Waals surface area contributed by atoms with Crippen molar-refractivity contribution >= 4 is 28.6 Å². The van der Waals surface area contributed by atoms with Crippen molar-refractivity contribution in [2.75, 3.05) is 6.61 Å². The second kappa shape index (κ2) is 6.71. The first kappa shape index (κ1) is 15.4. The molecule has 0 radical (unpaired) electrons. The summed E-state index contributed by atoms with van der Waals surface area (Å²) in [6.07, 6.45) is 0.557. The highest BCUT2D eigenvalue weighted by Crippen LogP contribution is 2.11. The van der Waals surface area contributed by atoms with E-state index >= 15 is 0 Å². The number of halogens is 1. The van der Waals surface area contributed by atoms with Gasteiger partial charge in [0.2, 0.25) is 0 Å². The summed E-state index contributed by atoms with van der Waals surface area (Å²) in [6.45, 7) is 0.726. The molecule has 0 aliphatic heterocycles. The summed E-state index contributed by atoms with van der Waals surface area (Å²) in [5.74, 6) is -0.395. The quantitative estimate of drug-likeness (QED) is 0.577. The van der Waals surface area contributed by atoms with Crippen molar-refractivity contribution in [2.45, 2.75) is 13.0 Å². The summed E-state index contributed by atoms with van der Waals surface area (Å²) >= 11 is 5.78. The zero-order valence-electron chi connectivity index (χ0n) is 12.3. The molecule has 1 N–H and O–H groups in total. The number of H-pyrrole nitrogens is 1. The number of nitrogens with one attached hydrogen (secondary N) is 1. The van der Waals surface area contributed by atoms with E-state index in [1.165, 1.54) is 0 Å². The molecule has 23 heavy (non-hydrogen) atoms. The molecule has 3 aromatic rings. The second-order valence-corrected chi connectivity index (χ2v) is 5.53. The molecule has 3 rings (SSSR count). The Labute approximate surface area is 137 Å². The highest BCUT2D eigenvalue weighted by atomic mass is 35.5. The third-order valence-electron chi connectivity index (χ3n) is 3.52. The first-order valence-corrected chi connectivity index (χ1v) is 7.63. The highest BCUT2D eigenvalue weighted by Gasteiger charge is 2.08. The molecule has 0 aliphatic carbocycles. The van der Waals surface area contributed by atoms with Crippen LogP contribution >= 0.6 is 11.6 Å². The van der Waals surface area contributed by atoms with Gasteiger partial charge in [-0.15, -0.1) is 0 Å². The van der Waals surface area contributed by atoms with Gasteiger partial charge in [0.1, 0.15) is 0 Å². The summed E-state index contributed by atoms with van der Waals surface area (Å²) in [4.78, 5) is 26.6. The van der Waals surface area contributed by atoms with Gasteiger partial charge in [-0.25, -0.2) is 9.59 Å².